The number of hydrogen-bond donors (Lipinski definition) is 0. The third-order valence-electron chi connectivity index (χ3n) is 5.08. The molecule has 0 fully saturated rings. The summed E-state index contributed by atoms with van der Waals surface area (Å²) < 4.78 is 0. The molecule has 0 radical (unpaired) electrons. The Kier molecular flexibility index (Phi) is 6.61. The Bertz CT molecular complexity index is 975. The number of benzene rings is 2. The van der Waals surface area contributed by atoms with Crippen molar-refractivity contribution in [1.82, 2.24) is 0 Å². The van der Waals surface area contributed by atoms with E-state index in [1.807, 2.05) is 25.1 Å². The smallest absolute Gasteiger partial charge is 0.280 e. The minimum absolute atomic E-state index is 0.0211. The highest BCUT2D eigenvalue weighted by Crippen LogP contribution is 2.28. The van der Waals surface area contributed by atoms with Gasteiger partial charge in [0.25, 0.3) is 11.6 Å². The second-order valence-electron chi connectivity index (χ2n) is 7.01. The molecule has 1 aliphatic heterocycles. The molecule has 7 heteroatoms. The second-order valence-corrected chi connectivity index (χ2v) is 7.01. The molecule has 0 unspecified atom stereocenters. The van der Waals surface area contributed by atoms with E-state index < -0.39 is 4.92 Å². The molecule has 0 spiro atoms. The zero-order valence-electron chi connectivity index (χ0n) is 17.5. The predicted octanol–water partition coefficient (Wildman–Crippen LogP) is 5.03. The molecule has 0 saturated carbocycles. The third-order valence-corrected chi connectivity index (χ3v) is 5.08. The standard InChI is InChI=1S/C23H26N4O3/c1-4-7-22-21(16-17-8-10-18(11-9-17)25(5-2)6-3)23(28)26(24-22)19-12-14-20(15-13-19)27(29)30/h8-16H,4-7H2,1-3H3/b21-16+. The average molecular weight is 406 g/mol. The Morgan fingerprint density at radius 2 is 1.67 bits per heavy atom. The third kappa shape index (κ3) is 4.40. The van der Waals surface area contributed by atoms with Gasteiger partial charge in [0.05, 0.1) is 21.9 Å². The lowest BCUT2D eigenvalue weighted by Gasteiger charge is -2.20. The SMILES string of the molecule is CCCC1=NN(c2ccc([N+](=O)[O-])cc2)C(=O)/C1=C/c1ccc(N(CC)CC)cc1. The van der Waals surface area contributed by atoms with Crippen LogP contribution < -0.4 is 9.91 Å². The van der Waals surface area contributed by atoms with Crippen LogP contribution in [0.25, 0.3) is 6.08 Å². The quantitative estimate of drug-likeness (QED) is 0.350. The Balaban J connectivity index is 1.89. The molecule has 7 nitrogen and oxygen atoms in total. The zero-order chi connectivity index (χ0) is 21.7. The van der Waals surface area contributed by atoms with Gasteiger partial charge < -0.3 is 4.90 Å². The fraction of sp³-hybridized carbons (Fsp3) is 0.304. The van der Waals surface area contributed by atoms with Gasteiger partial charge in [-0.1, -0.05) is 25.5 Å². The summed E-state index contributed by atoms with van der Waals surface area (Å²) in [5.41, 5.74) is 3.87. The maximum atomic E-state index is 13.1. The predicted molar refractivity (Wildman–Crippen MR) is 121 cm³/mol. The monoisotopic (exact) mass is 406 g/mol. The summed E-state index contributed by atoms with van der Waals surface area (Å²) in [5.74, 6) is -0.222. The van der Waals surface area contributed by atoms with Crippen LogP contribution >= 0.6 is 0 Å². The van der Waals surface area contributed by atoms with Gasteiger partial charge in [-0.15, -0.1) is 0 Å². The van der Waals surface area contributed by atoms with E-state index in [9.17, 15) is 14.9 Å². The van der Waals surface area contributed by atoms with Crippen LogP contribution in [0.5, 0.6) is 0 Å². The van der Waals surface area contributed by atoms with Crippen molar-refractivity contribution in [3.63, 3.8) is 0 Å². The van der Waals surface area contributed by atoms with Crippen LogP contribution in [0.4, 0.5) is 17.1 Å². The maximum Gasteiger partial charge on any atom is 0.280 e. The van der Waals surface area contributed by atoms with Crippen LogP contribution in [0.3, 0.4) is 0 Å². The normalized spacial score (nSPS) is 14.9. The van der Waals surface area contributed by atoms with Crippen LogP contribution in [0.2, 0.25) is 0 Å². The van der Waals surface area contributed by atoms with Gasteiger partial charge in [0.15, 0.2) is 0 Å². The van der Waals surface area contributed by atoms with E-state index in [2.05, 4.69) is 36.0 Å². The lowest BCUT2D eigenvalue weighted by molar-refractivity contribution is -0.384. The number of nitrogens with zero attached hydrogens (tertiary/aromatic N) is 4. The minimum Gasteiger partial charge on any atom is -0.372 e. The molecule has 0 bridgehead atoms. The molecule has 2 aromatic carbocycles. The highest BCUT2D eigenvalue weighted by Gasteiger charge is 2.30. The second kappa shape index (κ2) is 9.35. The molecule has 0 atom stereocenters. The number of carbonyl (C=O) groups excluding carboxylic acids is 1. The Morgan fingerprint density at radius 1 is 1.03 bits per heavy atom. The molecule has 2 aromatic rings. The number of carbonyl (C=O) groups is 1. The van der Waals surface area contributed by atoms with Crippen molar-refractivity contribution in [3.8, 4) is 0 Å². The molecule has 0 aliphatic carbocycles. The topological polar surface area (TPSA) is 79.0 Å². The van der Waals surface area contributed by atoms with Gasteiger partial charge in [-0.05, 0) is 56.2 Å². The number of rotatable bonds is 8. The van der Waals surface area contributed by atoms with E-state index in [4.69, 9.17) is 0 Å². The summed E-state index contributed by atoms with van der Waals surface area (Å²) in [6.45, 7) is 8.16. The van der Waals surface area contributed by atoms with E-state index in [0.29, 0.717) is 17.7 Å². The maximum absolute atomic E-state index is 13.1. The number of non-ortho nitro benzene ring substituents is 1. The lowest BCUT2D eigenvalue weighted by Crippen LogP contribution is -2.21. The molecule has 0 saturated heterocycles. The Morgan fingerprint density at radius 3 is 2.20 bits per heavy atom. The van der Waals surface area contributed by atoms with Crippen molar-refractivity contribution in [2.75, 3.05) is 23.0 Å². The number of hydrogen-bond acceptors (Lipinski definition) is 5. The zero-order valence-corrected chi connectivity index (χ0v) is 17.5. The summed E-state index contributed by atoms with van der Waals surface area (Å²) in [6.07, 6.45) is 3.41. The first-order chi connectivity index (χ1) is 14.5. The van der Waals surface area contributed by atoms with Gasteiger partial charge in [-0.2, -0.15) is 10.1 Å². The van der Waals surface area contributed by atoms with E-state index in [-0.39, 0.29) is 11.6 Å². The molecule has 1 heterocycles. The fourth-order valence-corrected chi connectivity index (χ4v) is 3.45. The van der Waals surface area contributed by atoms with E-state index in [1.165, 1.54) is 17.1 Å². The van der Waals surface area contributed by atoms with Gasteiger partial charge in [0.1, 0.15) is 0 Å². The molecular formula is C23H26N4O3. The number of nitro benzene ring substituents is 1. The van der Waals surface area contributed by atoms with Crippen molar-refractivity contribution in [2.45, 2.75) is 33.6 Å². The van der Waals surface area contributed by atoms with Gasteiger partial charge in [-0.3, -0.25) is 14.9 Å². The molecular weight excluding hydrogens is 380 g/mol. The van der Waals surface area contributed by atoms with Crippen molar-refractivity contribution >= 4 is 34.8 Å². The Labute approximate surface area is 176 Å². The Hall–Kier alpha value is -3.48. The average Bonchev–Trinajstić information content (AvgIpc) is 3.06. The van der Waals surface area contributed by atoms with Gasteiger partial charge in [-0.25, -0.2) is 0 Å². The first-order valence-corrected chi connectivity index (χ1v) is 10.2. The van der Waals surface area contributed by atoms with E-state index in [0.717, 1.165) is 36.5 Å². The number of nitro groups is 1. The molecule has 0 aromatic heterocycles. The van der Waals surface area contributed by atoms with Gasteiger partial charge in [0.2, 0.25) is 0 Å². The van der Waals surface area contributed by atoms with E-state index in [1.54, 1.807) is 12.1 Å². The van der Waals surface area contributed by atoms with Gasteiger partial charge >= 0.3 is 0 Å². The summed E-state index contributed by atoms with van der Waals surface area (Å²) >= 11 is 0. The first-order valence-electron chi connectivity index (χ1n) is 10.2. The molecule has 1 amide bonds. The molecule has 1 aliphatic rings. The highest BCUT2D eigenvalue weighted by molar-refractivity contribution is 6.32. The molecule has 30 heavy (non-hydrogen) atoms. The molecule has 156 valence electrons. The summed E-state index contributed by atoms with van der Waals surface area (Å²) in [7, 11) is 0. The van der Waals surface area contributed by atoms with Crippen LogP contribution in [-0.4, -0.2) is 29.6 Å². The van der Waals surface area contributed by atoms with Crippen LogP contribution in [0, 0.1) is 10.1 Å². The molecule has 3 rings (SSSR count). The van der Waals surface area contributed by atoms with Crippen molar-refractivity contribution in [2.24, 2.45) is 5.10 Å². The van der Waals surface area contributed by atoms with Crippen LogP contribution in [0.1, 0.15) is 39.2 Å². The van der Waals surface area contributed by atoms with Crippen molar-refractivity contribution < 1.29 is 9.72 Å². The minimum atomic E-state index is -0.464. The lowest BCUT2D eigenvalue weighted by atomic mass is 10.0. The van der Waals surface area contributed by atoms with Gasteiger partial charge in [0, 0.05) is 30.9 Å². The van der Waals surface area contributed by atoms with E-state index >= 15 is 0 Å². The number of anilines is 2. The first kappa shape index (κ1) is 21.2. The fourth-order valence-electron chi connectivity index (χ4n) is 3.45. The van der Waals surface area contributed by atoms with Crippen molar-refractivity contribution in [3.05, 3.63) is 69.8 Å². The largest absolute Gasteiger partial charge is 0.372 e. The van der Waals surface area contributed by atoms with Crippen LogP contribution in [0.15, 0.2) is 59.2 Å². The summed E-state index contributed by atoms with van der Waals surface area (Å²) in [5, 5.41) is 16.7. The van der Waals surface area contributed by atoms with Crippen LogP contribution in [-0.2, 0) is 4.79 Å². The number of amides is 1. The van der Waals surface area contributed by atoms with Crippen molar-refractivity contribution in [1.29, 1.82) is 0 Å². The summed E-state index contributed by atoms with van der Waals surface area (Å²) in [4.78, 5) is 25.8. The number of hydrazone groups is 1. The molecule has 0 N–H and O–H groups in total. The summed E-state index contributed by atoms with van der Waals surface area (Å²) in [6, 6.07) is 14.0. The highest BCUT2D eigenvalue weighted by atomic mass is 16.6.